The Morgan fingerprint density at radius 3 is 2.80 bits per heavy atom. The molecule has 0 amide bonds. The van der Waals surface area contributed by atoms with E-state index in [1.165, 1.54) is 6.07 Å². The molecule has 1 rings (SSSR count). The van der Waals surface area contributed by atoms with Crippen molar-refractivity contribution in [2.75, 3.05) is 0 Å². The number of benzene rings is 1. The van der Waals surface area contributed by atoms with Gasteiger partial charge in [0, 0.05) is 11.1 Å². The molecular weight excluding hydrogens is 221 g/mol. The largest absolute Gasteiger partial charge is 0.379 e. The molecule has 0 fully saturated rings. The van der Waals surface area contributed by atoms with E-state index in [1.54, 1.807) is 19.1 Å². The van der Waals surface area contributed by atoms with Gasteiger partial charge in [-0.3, -0.25) is 0 Å². The van der Waals surface area contributed by atoms with Crippen molar-refractivity contribution < 1.29 is 14.3 Å². The highest BCUT2D eigenvalue weighted by atomic mass is 35.5. The quantitative estimate of drug-likeness (QED) is 0.814. The normalized spacial score (nSPS) is 12.3. The van der Waals surface area contributed by atoms with Crippen LogP contribution >= 0.6 is 11.6 Å². The summed E-state index contributed by atoms with van der Waals surface area (Å²) in [5.74, 6) is -1.05. The van der Waals surface area contributed by atoms with Crippen LogP contribution in [0.1, 0.15) is 33.8 Å². The Morgan fingerprint density at radius 1 is 1.67 bits per heavy atom. The van der Waals surface area contributed by atoms with Gasteiger partial charge in [-0.1, -0.05) is 12.1 Å². The minimum Gasteiger partial charge on any atom is -0.326 e. The smallest absolute Gasteiger partial charge is 0.326 e. The van der Waals surface area contributed by atoms with Gasteiger partial charge in [0.1, 0.15) is 0 Å². The van der Waals surface area contributed by atoms with Crippen LogP contribution in [0, 0.1) is 0 Å². The first kappa shape index (κ1) is 11.9. The Balaban J connectivity index is 3.22. The maximum absolute atomic E-state index is 11.8. The molecule has 1 aromatic rings. The van der Waals surface area contributed by atoms with Crippen LogP contribution in [0.25, 0.3) is 0 Å². The van der Waals surface area contributed by atoms with Crippen LogP contribution in [0.3, 0.4) is 0 Å². The molecule has 0 spiro atoms. The molecule has 0 aliphatic carbocycles. The topological polar surface area (TPSA) is 52.3 Å². The SMILES string of the molecule is CC(Cl)c1ccc(CN)cc1C(=O)OF. The van der Waals surface area contributed by atoms with E-state index >= 15 is 0 Å². The average Bonchev–Trinajstić information content (AvgIpc) is 2.26. The summed E-state index contributed by atoms with van der Waals surface area (Å²) in [4.78, 5) is 14.3. The summed E-state index contributed by atoms with van der Waals surface area (Å²) >= 11 is 5.84. The number of rotatable bonds is 3. The van der Waals surface area contributed by atoms with Crippen LogP contribution in [0.4, 0.5) is 4.53 Å². The number of halogens is 2. The van der Waals surface area contributed by atoms with Gasteiger partial charge in [-0.25, -0.2) is 9.74 Å². The van der Waals surface area contributed by atoms with E-state index < -0.39 is 11.3 Å². The highest BCUT2D eigenvalue weighted by Crippen LogP contribution is 2.25. The molecule has 0 aromatic heterocycles. The third-order valence-corrected chi connectivity index (χ3v) is 2.31. The standard InChI is InChI=1S/C10H11ClFNO2/c1-6(11)8-3-2-7(5-13)4-9(8)10(14)15-12/h2-4,6H,5,13H2,1H3. The Hall–Kier alpha value is -1.13. The summed E-state index contributed by atoms with van der Waals surface area (Å²) in [7, 11) is 0. The van der Waals surface area contributed by atoms with Gasteiger partial charge < -0.3 is 5.73 Å². The van der Waals surface area contributed by atoms with Crippen LogP contribution in [-0.2, 0) is 11.5 Å². The maximum atomic E-state index is 11.8. The van der Waals surface area contributed by atoms with Crippen molar-refractivity contribution in [1.29, 1.82) is 0 Å². The first-order valence-corrected chi connectivity index (χ1v) is 4.83. The third-order valence-electron chi connectivity index (χ3n) is 2.07. The van der Waals surface area contributed by atoms with Crippen molar-refractivity contribution in [3.63, 3.8) is 0 Å². The molecule has 1 aromatic carbocycles. The van der Waals surface area contributed by atoms with E-state index in [1.807, 2.05) is 0 Å². The predicted octanol–water partition coefficient (Wildman–Crippen LogP) is 2.49. The van der Waals surface area contributed by atoms with Gasteiger partial charge in [0.2, 0.25) is 0 Å². The van der Waals surface area contributed by atoms with Gasteiger partial charge in [-0.2, -0.15) is 0 Å². The number of carbonyl (C=O) groups is 1. The van der Waals surface area contributed by atoms with Crippen LogP contribution < -0.4 is 5.73 Å². The Kier molecular flexibility index (Phi) is 4.05. The van der Waals surface area contributed by atoms with Gasteiger partial charge in [0.05, 0.1) is 10.9 Å². The molecule has 5 heteroatoms. The Bertz CT molecular complexity index is 368. The summed E-state index contributed by atoms with van der Waals surface area (Å²) in [5, 5.41) is -0.397. The second-order valence-corrected chi connectivity index (χ2v) is 3.76. The van der Waals surface area contributed by atoms with E-state index in [9.17, 15) is 9.32 Å². The summed E-state index contributed by atoms with van der Waals surface area (Å²) in [5.41, 5.74) is 6.76. The number of carbonyl (C=O) groups excluding carboxylic acids is 1. The lowest BCUT2D eigenvalue weighted by Crippen LogP contribution is -2.07. The van der Waals surface area contributed by atoms with Gasteiger partial charge in [0.15, 0.2) is 0 Å². The molecule has 1 atom stereocenters. The van der Waals surface area contributed by atoms with Crippen molar-refractivity contribution in [2.45, 2.75) is 18.8 Å². The molecule has 0 saturated heterocycles. The van der Waals surface area contributed by atoms with Crippen molar-refractivity contribution in [3.8, 4) is 0 Å². The first-order chi connectivity index (χ1) is 7.10. The number of hydrogen-bond acceptors (Lipinski definition) is 3. The minimum atomic E-state index is -1.05. The monoisotopic (exact) mass is 231 g/mol. The molecule has 1 unspecified atom stereocenters. The number of hydrogen-bond donors (Lipinski definition) is 1. The molecule has 0 heterocycles. The minimum absolute atomic E-state index is 0.114. The lowest BCUT2D eigenvalue weighted by Gasteiger charge is -2.09. The highest BCUT2D eigenvalue weighted by Gasteiger charge is 2.17. The van der Waals surface area contributed by atoms with Crippen molar-refractivity contribution in [2.24, 2.45) is 5.73 Å². The second kappa shape index (κ2) is 5.09. The Morgan fingerprint density at radius 2 is 2.33 bits per heavy atom. The molecule has 0 aliphatic rings. The van der Waals surface area contributed by atoms with Crippen molar-refractivity contribution in [1.82, 2.24) is 0 Å². The second-order valence-electron chi connectivity index (χ2n) is 3.11. The lowest BCUT2D eigenvalue weighted by molar-refractivity contribution is -0.0789. The molecule has 82 valence electrons. The summed E-state index contributed by atoms with van der Waals surface area (Å²) < 4.78 is 11.8. The van der Waals surface area contributed by atoms with E-state index in [0.717, 1.165) is 5.56 Å². The highest BCUT2D eigenvalue weighted by molar-refractivity contribution is 6.21. The van der Waals surface area contributed by atoms with E-state index in [0.29, 0.717) is 5.56 Å². The van der Waals surface area contributed by atoms with Gasteiger partial charge in [-0.15, -0.1) is 11.6 Å². The Labute approximate surface area is 91.9 Å². The van der Waals surface area contributed by atoms with Gasteiger partial charge in [-0.05, 0) is 24.1 Å². The molecule has 15 heavy (non-hydrogen) atoms. The van der Waals surface area contributed by atoms with Crippen LogP contribution in [0.2, 0.25) is 0 Å². The summed E-state index contributed by atoms with van der Waals surface area (Å²) in [6, 6.07) is 4.87. The fraction of sp³-hybridized carbons (Fsp3) is 0.300. The van der Waals surface area contributed by atoms with Gasteiger partial charge >= 0.3 is 5.97 Å². The van der Waals surface area contributed by atoms with Crippen molar-refractivity contribution in [3.05, 3.63) is 34.9 Å². The lowest BCUT2D eigenvalue weighted by atomic mass is 10.0. The fourth-order valence-corrected chi connectivity index (χ4v) is 1.49. The molecule has 0 radical (unpaired) electrons. The molecular formula is C10H11ClFNO2. The summed E-state index contributed by atoms with van der Waals surface area (Å²) in [6.45, 7) is 1.96. The zero-order chi connectivity index (χ0) is 11.4. The fourth-order valence-electron chi connectivity index (χ4n) is 1.30. The molecule has 3 nitrogen and oxygen atoms in total. The average molecular weight is 232 g/mol. The first-order valence-electron chi connectivity index (χ1n) is 4.40. The van der Waals surface area contributed by atoms with Crippen molar-refractivity contribution >= 4 is 17.6 Å². The van der Waals surface area contributed by atoms with Crippen LogP contribution in [0.15, 0.2) is 18.2 Å². The molecule has 2 N–H and O–H groups in total. The van der Waals surface area contributed by atoms with Gasteiger partial charge in [0.25, 0.3) is 0 Å². The maximum Gasteiger partial charge on any atom is 0.379 e. The molecule has 0 bridgehead atoms. The van der Waals surface area contributed by atoms with E-state index in [-0.39, 0.29) is 12.1 Å². The number of alkyl halides is 1. The number of nitrogens with two attached hydrogens (primary N) is 1. The molecule has 0 saturated carbocycles. The zero-order valence-corrected chi connectivity index (χ0v) is 8.92. The predicted molar refractivity (Wildman–Crippen MR) is 55.1 cm³/mol. The van der Waals surface area contributed by atoms with E-state index in [4.69, 9.17) is 17.3 Å². The van der Waals surface area contributed by atoms with Crippen LogP contribution in [0.5, 0.6) is 0 Å². The van der Waals surface area contributed by atoms with Crippen LogP contribution in [-0.4, -0.2) is 5.97 Å². The third kappa shape index (κ3) is 2.67. The zero-order valence-electron chi connectivity index (χ0n) is 8.17. The summed E-state index contributed by atoms with van der Waals surface area (Å²) in [6.07, 6.45) is 0. The molecule has 0 aliphatic heterocycles. The van der Waals surface area contributed by atoms with E-state index in [2.05, 4.69) is 4.94 Å².